The number of urea groups is 1. The first-order chi connectivity index (χ1) is 13.8. The molecule has 8 heteroatoms. The molecular formula is C21H34N4O3S. The van der Waals surface area contributed by atoms with Crippen molar-refractivity contribution in [3.8, 4) is 0 Å². The number of hydrogen-bond donors (Lipinski definition) is 2. The number of benzene rings is 1. The summed E-state index contributed by atoms with van der Waals surface area (Å²) >= 11 is 0. The fourth-order valence-corrected chi connectivity index (χ4v) is 4.98. The molecule has 0 radical (unpaired) electrons. The molecule has 1 aliphatic carbocycles. The van der Waals surface area contributed by atoms with Crippen molar-refractivity contribution in [2.45, 2.75) is 56.4 Å². The quantitative estimate of drug-likeness (QED) is 0.763. The van der Waals surface area contributed by atoms with E-state index in [-0.39, 0.29) is 17.0 Å². The summed E-state index contributed by atoms with van der Waals surface area (Å²) in [5, 5.41) is 8.21. The topological polar surface area (TPSA) is 95.7 Å². The van der Waals surface area contributed by atoms with E-state index in [2.05, 4.69) is 10.2 Å². The number of nitrogens with two attached hydrogens (primary N) is 1. The van der Waals surface area contributed by atoms with Gasteiger partial charge < -0.3 is 15.1 Å². The van der Waals surface area contributed by atoms with E-state index in [1.165, 1.54) is 44.2 Å². The Balaban J connectivity index is 1.52. The lowest BCUT2D eigenvalue weighted by molar-refractivity contribution is 0.187. The normalized spacial score (nSPS) is 20.8. The number of carbonyl (C=O) groups is 1. The number of nitrogens with zero attached hydrogens (tertiary/aromatic N) is 2. The summed E-state index contributed by atoms with van der Waals surface area (Å²) in [6, 6.07) is 6.03. The zero-order valence-corrected chi connectivity index (χ0v) is 18.2. The van der Waals surface area contributed by atoms with Crippen LogP contribution in [0.15, 0.2) is 29.2 Å². The van der Waals surface area contributed by atoms with Gasteiger partial charge >= 0.3 is 6.03 Å². The molecule has 1 aromatic carbocycles. The van der Waals surface area contributed by atoms with Crippen LogP contribution in [0.1, 0.15) is 57.1 Å². The predicted octanol–water partition coefficient (Wildman–Crippen LogP) is 2.69. The summed E-state index contributed by atoms with van der Waals surface area (Å²) in [5.74, 6) is 0.815. The lowest BCUT2D eigenvalue weighted by Crippen LogP contribution is -2.43. The van der Waals surface area contributed by atoms with Crippen molar-refractivity contribution >= 4 is 16.1 Å². The fourth-order valence-electron chi connectivity index (χ4n) is 4.41. The molecule has 2 aliphatic rings. The summed E-state index contributed by atoms with van der Waals surface area (Å²) < 4.78 is 23.1. The van der Waals surface area contributed by atoms with Gasteiger partial charge in [0.2, 0.25) is 10.0 Å². The first-order valence-electron chi connectivity index (χ1n) is 10.7. The van der Waals surface area contributed by atoms with Gasteiger partial charge in [0.25, 0.3) is 0 Å². The van der Waals surface area contributed by atoms with E-state index < -0.39 is 10.0 Å². The van der Waals surface area contributed by atoms with Crippen LogP contribution in [0, 0.1) is 5.92 Å². The number of hydrogen-bond acceptors (Lipinski definition) is 4. The molecule has 0 aromatic heterocycles. The Morgan fingerprint density at radius 1 is 1.14 bits per heavy atom. The zero-order chi connectivity index (χ0) is 20.9. The monoisotopic (exact) mass is 422 g/mol. The van der Waals surface area contributed by atoms with Gasteiger partial charge in [0.15, 0.2) is 0 Å². The van der Waals surface area contributed by atoms with Crippen LogP contribution < -0.4 is 10.5 Å². The first-order valence-corrected chi connectivity index (χ1v) is 12.3. The molecule has 162 valence electrons. The molecule has 1 saturated carbocycles. The van der Waals surface area contributed by atoms with Crippen LogP contribution in [0.3, 0.4) is 0 Å². The summed E-state index contributed by atoms with van der Waals surface area (Å²) in [6.07, 6.45) is 7.76. The van der Waals surface area contributed by atoms with Gasteiger partial charge in [-0.1, -0.05) is 31.4 Å². The second-order valence-electron chi connectivity index (χ2n) is 8.43. The lowest BCUT2D eigenvalue weighted by atomic mass is 9.89. The van der Waals surface area contributed by atoms with Crippen LogP contribution in [-0.2, 0) is 10.0 Å². The second-order valence-corrected chi connectivity index (χ2v) is 10.00. The van der Waals surface area contributed by atoms with Crippen molar-refractivity contribution in [1.29, 1.82) is 0 Å². The van der Waals surface area contributed by atoms with Gasteiger partial charge in [0.05, 0.1) is 10.9 Å². The third-order valence-corrected chi connectivity index (χ3v) is 7.05. The maximum atomic E-state index is 12.8. The second kappa shape index (κ2) is 9.91. The Labute approximate surface area is 174 Å². The smallest absolute Gasteiger partial charge is 0.317 e. The first kappa shape index (κ1) is 22.1. The number of primary sulfonamides is 1. The molecule has 0 spiro atoms. The van der Waals surface area contributed by atoms with Gasteiger partial charge in [-0.15, -0.1) is 0 Å². The highest BCUT2D eigenvalue weighted by Gasteiger charge is 2.23. The highest BCUT2D eigenvalue weighted by Crippen LogP contribution is 2.25. The molecule has 1 saturated heterocycles. The van der Waals surface area contributed by atoms with Gasteiger partial charge in [-0.25, -0.2) is 18.4 Å². The van der Waals surface area contributed by atoms with Gasteiger partial charge in [-0.3, -0.25) is 0 Å². The Bertz CT molecular complexity index is 793. The number of nitrogens with one attached hydrogen (secondary N) is 1. The molecule has 1 aliphatic heterocycles. The van der Waals surface area contributed by atoms with E-state index in [1.807, 2.05) is 11.8 Å². The van der Waals surface area contributed by atoms with Crippen LogP contribution in [0.4, 0.5) is 4.79 Å². The van der Waals surface area contributed by atoms with Crippen LogP contribution in [0.25, 0.3) is 0 Å². The largest absolute Gasteiger partial charge is 0.331 e. The highest BCUT2D eigenvalue weighted by molar-refractivity contribution is 7.89. The Hall–Kier alpha value is -1.64. The Morgan fingerprint density at radius 3 is 2.62 bits per heavy atom. The van der Waals surface area contributed by atoms with Crippen molar-refractivity contribution in [2.24, 2.45) is 11.1 Å². The molecule has 1 unspecified atom stereocenters. The van der Waals surface area contributed by atoms with Crippen LogP contribution >= 0.6 is 0 Å². The van der Waals surface area contributed by atoms with Gasteiger partial charge in [0.1, 0.15) is 0 Å². The van der Waals surface area contributed by atoms with E-state index in [0.29, 0.717) is 0 Å². The molecule has 3 N–H and O–H groups in total. The highest BCUT2D eigenvalue weighted by atomic mass is 32.2. The molecule has 7 nitrogen and oxygen atoms in total. The number of carbonyl (C=O) groups excluding carboxylic acids is 1. The van der Waals surface area contributed by atoms with Gasteiger partial charge in [0, 0.05) is 26.2 Å². The zero-order valence-electron chi connectivity index (χ0n) is 17.3. The maximum absolute atomic E-state index is 12.8. The third-order valence-electron chi connectivity index (χ3n) is 6.14. The molecule has 1 atom stereocenters. The molecular weight excluding hydrogens is 388 g/mol. The standard InChI is InChI=1S/C21H34N4O3S/c1-17(19-9-5-10-20(15-19)29(22,27)28)23-21(26)25-12-6-11-24(13-14-25)16-18-7-3-2-4-8-18/h5,9-10,15,17-18H,2-4,6-8,11-14,16H2,1H3,(H,23,26)(H2,22,27,28). The average molecular weight is 423 g/mol. The van der Waals surface area contributed by atoms with Crippen LogP contribution in [-0.4, -0.2) is 57.0 Å². The van der Waals surface area contributed by atoms with E-state index in [1.54, 1.807) is 12.1 Å². The Kier molecular flexibility index (Phi) is 7.54. The minimum absolute atomic E-state index is 0.0595. The van der Waals surface area contributed by atoms with E-state index in [0.717, 1.165) is 50.6 Å². The molecule has 0 bridgehead atoms. The van der Waals surface area contributed by atoms with E-state index >= 15 is 0 Å². The minimum atomic E-state index is -3.76. The van der Waals surface area contributed by atoms with Gasteiger partial charge in [-0.2, -0.15) is 0 Å². The minimum Gasteiger partial charge on any atom is -0.331 e. The molecule has 2 amide bonds. The maximum Gasteiger partial charge on any atom is 0.317 e. The van der Waals surface area contributed by atoms with E-state index in [4.69, 9.17) is 5.14 Å². The van der Waals surface area contributed by atoms with Crippen LogP contribution in [0.2, 0.25) is 0 Å². The molecule has 3 rings (SSSR count). The van der Waals surface area contributed by atoms with Crippen molar-refractivity contribution < 1.29 is 13.2 Å². The molecule has 2 fully saturated rings. The lowest BCUT2D eigenvalue weighted by Gasteiger charge is -2.29. The van der Waals surface area contributed by atoms with Crippen molar-refractivity contribution in [1.82, 2.24) is 15.1 Å². The number of amides is 2. The van der Waals surface area contributed by atoms with Crippen LogP contribution in [0.5, 0.6) is 0 Å². The molecule has 1 heterocycles. The predicted molar refractivity (Wildman–Crippen MR) is 114 cm³/mol. The van der Waals surface area contributed by atoms with Gasteiger partial charge in [-0.05, 0) is 56.3 Å². The average Bonchev–Trinajstić information content (AvgIpc) is 2.94. The summed E-state index contributed by atoms with van der Waals surface area (Å²) in [6.45, 7) is 6.45. The van der Waals surface area contributed by atoms with E-state index in [9.17, 15) is 13.2 Å². The van der Waals surface area contributed by atoms with Crippen molar-refractivity contribution in [3.05, 3.63) is 29.8 Å². The van der Waals surface area contributed by atoms with Crippen molar-refractivity contribution in [3.63, 3.8) is 0 Å². The molecule has 29 heavy (non-hydrogen) atoms. The number of rotatable bonds is 5. The summed E-state index contributed by atoms with van der Waals surface area (Å²) in [4.78, 5) is 17.2. The number of sulfonamides is 1. The summed E-state index contributed by atoms with van der Waals surface area (Å²) in [5.41, 5.74) is 0.721. The SMILES string of the molecule is CC(NC(=O)N1CCCN(CC2CCCCC2)CC1)c1cccc(S(N)(=O)=O)c1. The van der Waals surface area contributed by atoms with Crippen molar-refractivity contribution in [2.75, 3.05) is 32.7 Å². The molecule has 1 aromatic rings. The fraction of sp³-hybridized carbons (Fsp3) is 0.667. The third kappa shape index (κ3) is 6.42. The summed E-state index contributed by atoms with van der Waals surface area (Å²) in [7, 11) is -3.76. The Morgan fingerprint density at radius 2 is 1.90 bits per heavy atom.